The highest BCUT2D eigenvalue weighted by atomic mass is 19.1. The van der Waals surface area contributed by atoms with E-state index >= 15 is 0 Å². The summed E-state index contributed by atoms with van der Waals surface area (Å²) < 4.78 is 13.4. The van der Waals surface area contributed by atoms with Gasteiger partial charge >= 0.3 is 0 Å². The molecule has 1 aromatic rings. The lowest BCUT2D eigenvalue weighted by Gasteiger charge is -2.33. The Morgan fingerprint density at radius 3 is 2.67 bits per heavy atom. The standard InChI is InChI=1S/C12H17FN2/c1-9-11(13)3-2-4-12(9)15-7-5-10(14)6-8-15/h2-4,10H,5-8,14H2,1H3. The van der Waals surface area contributed by atoms with Crippen molar-refractivity contribution >= 4 is 5.69 Å². The van der Waals surface area contributed by atoms with Crippen LogP contribution in [0.25, 0.3) is 0 Å². The van der Waals surface area contributed by atoms with Gasteiger partial charge in [-0.2, -0.15) is 0 Å². The van der Waals surface area contributed by atoms with Gasteiger partial charge in [0.25, 0.3) is 0 Å². The van der Waals surface area contributed by atoms with Crippen molar-refractivity contribution in [3.8, 4) is 0 Å². The van der Waals surface area contributed by atoms with Crippen LogP contribution in [0.4, 0.5) is 10.1 Å². The third-order valence-electron chi connectivity index (χ3n) is 3.12. The van der Waals surface area contributed by atoms with Crippen LogP contribution >= 0.6 is 0 Å². The zero-order valence-corrected chi connectivity index (χ0v) is 9.04. The summed E-state index contributed by atoms with van der Waals surface area (Å²) in [6.07, 6.45) is 1.99. The minimum absolute atomic E-state index is 0.123. The summed E-state index contributed by atoms with van der Waals surface area (Å²) >= 11 is 0. The maximum atomic E-state index is 13.4. The second kappa shape index (κ2) is 4.19. The molecule has 0 spiro atoms. The number of anilines is 1. The first-order chi connectivity index (χ1) is 7.18. The number of halogens is 1. The van der Waals surface area contributed by atoms with Gasteiger partial charge in [-0.1, -0.05) is 6.07 Å². The summed E-state index contributed by atoms with van der Waals surface area (Å²) in [7, 11) is 0. The van der Waals surface area contributed by atoms with Gasteiger partial charge in [-0.05, 0) is 31.9 Å². The summed E-state index contributed by atoms with van der Waals surface area (Å²) in [6, 6.07) is 5.57. The van der Waals surface area contributed by atoms with Crippen molar-refractivity contribution in [2.24, 2.45) is 5.73 Å². The minimum atomic E-state index is -0.123. The largest absolute Gasteiger partial charge is 0.371 e. The SMILES string of the molecule is Cc1c(F)cccc1N1CCC(N)CC1. The first-order valence-electron chi connectivity index (χ1n) is 5.44. The first kappa shape index (κ1) is 10.4. The maximum Gasteiger partial charge on any atom is 0.128 e. The number of benzene rings is 1. The summed E-state index contributed by atoms with van der Waals surface area (Å²) in [5.74, 6) is -0.123. The molecular formula is C12H17FN2. The first-order valence-corrected chi connectivity index (χ1v) is 5.44. The molecule has 0 bridgehead atoms. The summed E-state index contributed by atoms with van der Waals surface area (Å²) in [5, 5.41) is 0. The van der Waals surface area contributed by atoms with Crippen LogP contribution in [0.3, 0.4) is 0 Å². The van der Waals surface area contributed by atoms with Crippen molar-refractivity contribution in [2.45, 2.75) is 25.8 Å². The average Bonchev–Trinajstić information content (AvgIpc) is 2.24. The Morgan fingerprint density at radius 2 is 2.00 bits per heavy atom. The predicted octanol–water partition coefficient (Wildman–Crippen LogP) is 2.06. The Bertz CT molecular complexity index is 343. The Balaban J connectivity index is 2.19. The lowest BCUT2D eigenvalue weighted by Crippen LogP contribution is -2.40. The van der Waals surface area contributed by atoms with E-state index in [1.165, 1.54) is 6.07 Å². The van der Waals surface area contributed by atoms with E-state index in [1.54, 1.807) is 6.07 Å². The molecule has 2 nitrogen and oxygen atoms in total. The molecule has 2 N–H and O–H groups in total. The van der Waals surface area contributed by atoms with Crippen LogP contribution < -0.4 is 10.6 Å². The molecule has 1 aliphatic rings. The number of hydrogen-bond donors (Lipinski definition) is 1. The Morgan fingerprint density at radius 1 is 1.33 bits per heavy atom. The number of hydrogen-bond acceptors (Lipinski definition) is 2. The molecule has 0 saturated carbocycles. The van der Waals surface area contributed by atoms with Crippen LogP contribution in [-0.4, -0.2) is 19.1 Å². The predicted molar refractivity (Wildman–Crippen MR) is 60.6 cm³/mol. The smallest absolute Gasteiger partial charge is 0.128 e. The molecule has 82 valence electrons. The molecule has 0 amide bonds. The van der Waals surface area contributed by atoms with Gasteiger partial charge in [0.2, 0.25) is 0 Å². The average molecular weight is 208 g/mol. The van der Waals surface area contributed by atoms with Crippen molar-refractivity contribution in [2.75, 3.05) is 18.0 Å². The molecule has 1 fully saturated rings. The quantitative estimate of drug-likeness (QED) is 0.765. The summed E-state index contributed by atoms with van der Waals surface area (Å²) in [5.41, 5.74) is 7.60. The second-order valence-corrected chi connectivity index (χ2v) is 4.21. The highest BCUT2D eigenvalue weighted by molar-refractivity contribution is 5.53. The van der Waals surface area contributed by atoms with Crippen LogP contribution in [0.5, 0.6) is 0 Å². The zero-order chi connectivity index (χ0) is 10.8. The van der Waals surface area contributed by atoms with E-state index in [-0.39, 0.29) is 5.82 Å². The Kier molecular flexibility index (Phi) is 2.91. The molecule has 1 heterocycles. The van der Waals surface area contributed by atoms with E-state index in [1.807, 2.05) is 13.0 Å². The van der Waals surface area contributed by atoms with E-state index in [2.05, 4.69) is 4.90 Å². The Labute approximate surface area is 89.9 Å². The van der Waals surface area contributed by atoms with Crippen LogP contribution in [0, 0.1) is 12.7 Å². The minimum Gasteiger partial charge on any atom is -0.371 e. The Hall–Kier alpha value is -1.09. The molecule has 3 heteroatoms. The second-order valence-electron chi connectivity index (χ2n) is 4.21. The van der Waals surface area contributed by atoms with Gasteiger partial charge in [0.05, 0.1) is 0 Å². The normalized spacial score (nSPS) is 18.2. The van der Waals surface area contributed by atoms with E-state index in [0.717, 1.165) is 37.2 Å². The number of nitrogens with two attached hydrogens (primary N) is 1. The van der Waals surface area contributed by atoms with Crippen molar-refractivity contribution in [3.63, 3.8) is 0 Å². The lowest BCUT2D eigenvalue weighted by molar-refractivity contribution is 0.499. The van der Waals surface area contributed by atoms with Gasteiger partial charge < -0.3 is 10.6 Å². The lowest BCUT2D eigenvalue weighted by atomic mass is 10.0. The number of piperidine rings is 1. The van der Waals surface area contributed by atoms with Gasteiger partial charge in [0.1, 0.15) is 5.82 Å². The molecule has 0 radical (unpaired) electrons. The van der Waals surface area contributed by atoms with Crippen LogP contribution in [-0.2, 0) is 0 Å². The molecule has 1 saturated heterocycles. The maximum absolute atomic E-state index is 13.4. The van der Waals surface area contributed by atoms with E-state index in [4.69, 9.17) is 5.73 Å². The van der Waals surface area contributed by atoms with E-state index < -0.39 is 0 Å². The van der Waals surface area contributed by atoms with Gasteiger partial charge in [0.15, 0.2) is 0 Å². The summed E-state index contributed by atoms with van der Waals surface area (Å²) in [6.45, 7) is 3.70. The molecule has 0 unspecified atom stereocenters. The van der Waals surface area contributed by atoms with Crippen molar-refractivity contribution in [1.29, 1.82) is 0 Å². The fourth-order valence-corrected chi connectivity index (χ4v) is 2.08. The molecule has 1 aromatic carbocycles. The van der Waals surface area contributed by atoms with Gasteiger partial charge in [0, 0.05) is 30.4 Å². The van der Waals surface area contributed by atoms with E-state index in [9.17, 15) is 4.39 Å². The van der Waals surface area contributed by atoms with Gasteiger partial charge in [-0.25, -0.2) is 4.39 Å². The van der Waals surface area contributed by atoms with Gasteiger partial charge in [-0.3, -0.25) is 0 Å². The molecule has 0 aliphatic carbocycles. The molecule has 15 heavy (non-hydrogen) atoms. The third-order valence-corrected chi connectivity index (χ3v) is 3.12. The zero-order valence-electron chi connectivity index (χ0n) is 9.04. The number of rotatable bonds is 1. The summed E-state index contributed by atoms with van der Waals surface area (Å²) in [4.78, 5) is 2.22. The third kappa shape index (κ3) is 2.12. The van der Waals surface area contributed by atoms with Crippen molar-refractivity contribution in [1.82, 2.24) is 0 Å². The van der Waals surface area contributed by atoms with Crippen LogP contribution in [0.1, 0.15) is 18.4 Å². The fraction of sp³-hybridized carbons (Fsp3) is 0.500. The molecular weight excluding hydrogens is 191 g/mol. The topological polar surface area (TPSA) is 29.3 Å². The van der Waals surface area contributed by atoms with Crippen molar-refractivity contribution < 1.29 is 4.39 Å². The van der Waals surface area contributed by atoms with Crippen LogP contribution in [0.15, 0.2) is 18.2 Å². The highest BCUT2D eigenvalue weighted by Gasteiger charge is 2.18. The van der Waals surface area contributed by atoms with Crippen LogP contribution in [0.2, 0.25) is 0 Å². The molecule has 0 atom stereocenters. The highest BCUT2D eigenvalue weighted by Crippen LogP contribution is 2.24. The fourth-order valence-electron chi connectivity index (χ4n) is 2.08. The molecule has 0 aromatic heterocycles. The molecule has 1 aliphatic heterocycles. The van der Waals surface area contributed by atoms with Gasteiger partial charge in [-0.15, -0.1) is 0 Å². The molecule has 2 rings (SSSR count). The van der Waals surface area contributed by atoms with E-state index in [0.29, 0.717) is 6.04 Å². The number of nitrogens with zero attached hydrogens (tertiary/aromatic N) is 1. The van der Waals surface area contributed by atoms with Crippen molar-refractivity contribution in [3.05, 3.63) is 29.6 Å². The monoisotopic (exact) mass is 208 g/mol.